The molecule has 0 heterocycles. The summed E-state index contributed by atoms with van der Waals surface area (Å²) in [5.74, 6) is 1.25. The summed E-state index contributed by atoms with van der Waals surface area (Å²) in [6, 6.07) is 0. The quantitative estimate of drug-likeness (QED) is 0.693. The summed E-state index contributed by atoms with van der Waals surface area (Å²) < 4.78 is 0. The number of carbonyl (C=O) groups excluding carboxylic acids is 1. The van der Waals surface area contributed by atoms with Crippen LogP contribution in [0.3, 0.4) is 0 Å². The van der Waals surface area contributed by atoms with Crippen molar-refractivity contribution < 1.29 is 9.90 Å². The van der Waals surface area contributed by atoms with Gasteiger partial charge in [-0.05, 0) is 44.9 Å². The van der Waals surface area contributed by atoms with Crippen LogP contribution < -0.4 is 0 Å². The molecule has 2 heteroatoms. The summed E-state index contributed by atoms with van der Waals surface area (Å²) in [7, 11) is 0. The van der Waals surface area contributed by atoms with Crippen LogP contribution in [0.25, 0.3) is 0 Å². The maximum Gasteiger partial charge on any atom is 0.140 e. The maximum atomic E-state index is 11.7. The summed E-state index contributed by atoms with van der Waals surface area (Å²) in [5, 5.41) is 10.1. The van der Waals surface area contributed by atoms with Gasteiger partial charge in [0, 0.05) is 12.3 Å². The first-order chi connectivity index (χ1) is 7.39. The third-order valence-corrected chi connectivity index (χ3v) is 4.47. The summed E-state index contributed by atoms with van der Waals surface area (Å²) in [6.45, 7) is 5.83. The van der Waals surface area contributed by atoms with Gasteiger partial charge >= 0.3 is 0 Å². The standard InChI is InChI=1S/C14H22O2/c1-9-12-8-11(14(2,3)16)6-4-10(12)5-7-13(9)15/h5,9,11-12,16H,4,6-8H2,1-3H3/t9-,11+,12+/m1/s1. The van der Waals surface area contributed by atoms with E-state index < -0.39 is 5.60 Å². The first-order valence-electron chi connectivity index (χ1n) is 6.33. The van der Waals surface area contributed by atoms with Crippen molar-refractivity contribution in [3.63, 3.8) is 0 Å². The van der Waals surface area contributed by atoms with Crippen molar-refractivity contribution in [2.24, 2.45) is 17.8 Å². The zero-order valence-electron chi connectivity index (χ0n) is 10.5. The second-order valence-electron chi connectivity index (χ2n) is 5.97. The Balaban J connectivity index is 2.16. The topological polar surface area (TPSA) is 37.3 Å². The number of hydrogen-bond acceptors (Lipinski definition) is 2. The second-order valence-corrected chi connectivity index (χ2v) is 5.97. The molecule has 0 radical (unpaired) electrons. The molecule has 0 aromatic carbocycles. The van der Waals surface area contributed by atoms with Crippen LogP contribution in [-0.4, -0.2) is 16.5 Å². The number of ketones is 1. The van der Waals surface area contributed by atoms with E-state index in [9.17, 15) is 9.90 Å². The zero-order valence-corrected chi connectivity index (χ0v) is 10.5. The van der Waals surface area contributed by atoms with Crippen LogP contribution in [0.2, 0.25) is 0 Å². The van der Waals surface area contributed by atoms with Crippen molar-refractivity contribution in [2.45, 2.75) is 52.1 Å². The average molecular weight is 222 g/mol. The minimum Gasteiger partial charge on any atom is -0.390 e. The summed E-state index contributed by atoms with van der Waals surface area (Å²) in [4.78, 5) is 11.7. The lowest BCUT2D eigenvalue weighted by atomic mass is 9.65. The van der Waals surface area contributed by atoms with E-state index in [1.807, 2.05) is 20.8 Å². The van der Waals surface area contributed by atoms with Crippen molar-refractivity contribution in [2.75, 3.05) is 0 Å². The van der Waals surface area contributed by atoms with Gasteiger partial charge in [-0.25, -0.2) is 0 Å². The largest absolute Gasteiger partial charge is 0.390 e. The molecule has 1 fully saturated rings. The highest BCUT2D eigenvalue weighted by molar-refractivity contribution is 5.84. The molecule has 16 heavy (non-hydrogen) atoms. The van der Waals surface area contributed by atoms with Gasteiger partial charge in [0.15, 0.2) is 0 Å². The molecule has 3 atom stereocenters. The van der Waals surface area contributed by atoms with E-state index in [1.165, 1.54) is 5.57 Å². The summed E-state index contributed by atoms with van der Waals surface area (Å²) in [5.41, 5.74) is 0.860. The minimum atomic E-state index is -0.605. The first kappa shape index (κ1) is 11.8. The number of rotatable bonds is 1. The van der Waals surface area contributed by atoms with E-state index in [4.69, 9.17) is 0 Å². The number of aliphatic hydroxyl groups is 1. The molecule has 0 aromatic rings. The van der Waals surface area contributed by atoms with Gasteiger partial charge in [-0.15, -0.1) is 0 Å². The highest BCUT2D eigenvalue weighted by Gasteiger charge is 2.39. The number of fused-ring (bicyclic) bond motifs is 1. The summed E-state index contributed by atoms with van der Waals surface area (Å²) in [6.07, 6.45) is 5.86. The Kier molecular flexibility index (Phi) is 2.95. The van der Waals surface area contributed by atoms with Crippen LogP contribution >= 0.6 is 0 Å². The van der Waals surface area contributed by atoms with E-state index in [1.54, 1.807) is 0 Å². The third kappa shape index (κ3) is 2.08. The molecule has 0 aliphatic heterocycles. The fraction of sp³-hybridized carbons (Fsp3) is 0.786. The van der Waals surface area contributed by atoms with Gasteiger partial charge in [0.05, 0.1) is 5.60 Å². The molecule has 1 saturated carbocycles. The van der Waals surface area contributed by atoms with Gasteiger partial charge in [0.25, 0.3) is 0 Å². The molecule has 90 valence electrons. The molecule has 0 saturated heterocycles. The molecular weight excluding hydrogens is 200 g/mol. The predicted molar refractivity (Wildman–Crippen MR) is 64.0 cm³/mol. The molecule has 2 aliphatic rings. The fourth-order valence-corrected chi connectivity index (χ4v) is 3.16. The lowest BCUT2D eigenvalue weighted by Gasteiger charge is -2.41. The number of carbonyl (C=O) groups is 1. The number of allylic oxidation sites excluding steroid dienone is 2. The predicted octanol–water partition coefficient (Wildman–Crippen LogP) is 2.71. The van der Waals surface area contributed by atoms with E-state index in [0.29, 0.717) is 24.0 Å². The van der Waals surface area contributed by atoms with Crippen LogP contribution in [0.1, 0.15) is 46.5 Å². The van der Waals surface area contributed by atoms with Crippen LogP contribution in [0.15, 0.2) is 11.6 Å². The molecule has 0 aromatic heterocycles. The van der Waals surface area contributed by atoms with E-state index in [-0.39, 0.29) is 5.92 Å². The molecule has 1 N–H and O–H groups in total. The van der Waals surface area contributed by atoms with Crippen LogP contribution in [0.5, 0.6) is 0 Å². The van der Waals surface area contributed by atoms with Gasteiger partial charge in [-0.3, -0.25) is 4.79 Å². The summed E-state index contributed by atoms with van der Waals surface area (Å²) >= 11 is 0. The molecule has 2 nitrogen and oxygen atoms in total. The highest BCUT2D eigenvalue weighted by atomic mass is 16.3. The smallest absolute Gasteiger partial charge is 0.140 e. The van der Waals surface area contributed by atoms with Gasteiger partial charge in [0.1, 0.15) is 5.78 Å². The Morgan fingerprint density at radius 3 is 2.75 bits per heavy atom. The van der Waals surface area contributed by atoms with Crippen molar-refractivity contribution in [1.82, 2.24) is 0 Å². The lowest BCUT2D eigenvalue weighted by Crippen LogP contribution is -2.39. The van der Waals surface area contributed by atoms with Gasteiger partial charge in [0.2, 0.25) is 0 Å². The van der Waals surface area contributed by atoms with Gasteiger partial charge in [-0.1, -0.05) is 18.6 Å². The third-order valence-electron chi connectivity index (χ3n) is 4.47. The normalized spacial score (nSPS) is 35.6. The Bertz CT molecular complexity index is 322. The van der Waals surface area contributed by atoms with Crippen molar-refractivity contribution in [3.05, 3.63) is 11.6 Å². The fourth-order valence-electron chi connectivity index (χ4n) is 3.16. The van der Waals surface area contributed by atoms with Crippen LogP contribution in [-0.2, 0) is 4.79 Å². The molecule has 2 rings (SSSR count). The van der Waals surface area contributed by atoms with Crippen molar-refractivity contribution >= 4 is 5.78 Å². The Morgan fingerprint density at radius 1 is 1.44 bits per heavy atom. The lowest BCUT2D eigenvalue weighted by molar-refractivity contribution is -0.124. The Morgan fingerprint density at radius 2 is 2.12 bits per heavy atom. The highest BCUT2D eigenvalue weighted by Crippen LogP contribution is 2.44. The first-order valence-corrected chi connectivity index (χ1v) is 6.33. The van der Waals surface area contributed by atoms with Crippen molar-refractivity contribution in [3.8, 4) is 0 Å². The second kappa shape index (κ2) is 3.99. The average Bonchev–Trinajstić information content (AvgIpc) is 2.22. The Labute approximate surface area is 97.7 Å². The molecule has 2 aliphatic carbocycles. The Hall–Kier alpha value is -0.630. The molecule has 0 amide bonds. The van der Waals surface area contributed by atoms with E-state index in [0.717, 1.165) is 19.3 Å². The van der Waals surface area contributed by atoms with Gasteiger partial charge < -0.3 is 5.11 Å². The number of hydrogen-bond donors (Lipinski definition) is 1. The molecule has 0 spiro atoms. The monoisotopic (exact) mass is 222 g/mol. The van der Waals surface area contributed by atoms with Crippen LogP contribution in [0.4, 0.5) is 0 Å². The van der Waals surface area contributed by atoms with E-state index in [2.05, 4.69) is 6.08 Å². The van der Waals surface area contributed by atoms with Crippen LogP contribution in [0, 0.1) is 17.8 Å². The number of Topliss-reactive ketones (excluding diaryl/α,β-unsaturated/α-hetero) is 1. The van der Waals surface area contributed by atoms with Gasteiger partial charge in [-0.2, -0.15) is 0 Å². The SMILES string of the molecule is C[C@H]1C(=O)CC=C2CC[C@H](C(C)(C)O)C[C@H]21. The molecule has 0 bridgehead atoms. The minimum absolute atomic E-state index is 0.158. The van der Waals surface area contributed by atoms with E-state index >= 15 is 0 Å². The maximum absolute atomic E-state index is 11.7. The molecule has 0 unspecified atom stereocenters. The van der Waals surface area contributed by atoms with Crippen molar-refractivity contribution in [1.29, 1.82) is 0 Å². The molecular formula is C14H22O2. The zero-order chi connectivity index (χ0) is 11.9.